The second-order valence-electron chi connectivity index (χ2n) is 4.49. The number of carbonyl (C=O) groups excluding carboxylic acids is 2. The van der Waals surface area contributed by atoms with Crippen LogP contribution in [0, 0.1) is 13.8 Å². The summed E-state index contributed by atoms with van der Waals surface area (Å²) >= 11 is 1.39. The predicted octanol–water partition coefficient (Wildman–Crippen LogP) is 2.73. The fraction of sp³-hybridized carbons (Fsp3) is 0.200. The van der Waals surface area contributed by atoms with E-state index >= 15 is 0 Å². The van der Waals surface area contributed by atoms with Crippen LogP contribution in [0.4, 0.5) is 0 Å². The van der Waals surface area contributed by atoms with Crippen LogP contribution in [-0.2, 0) is 0 Å². The second-order valence-corrected chi connectivity index (χ2v) is 5.44. The van der Waals surface area contributed by atoms with Crippen molar-refractivity contribution >= 4 is 23.0 Å². The summed E-state index contributed by atoms with van der Waals surface area (Å²) in [5.41, 5.74) is 7.28. The van der Waals surface area contributed by atoms with Crippen molar-refractivity contribution in [2.75, 3.05) is 6.61 Å². The lowest BCUT2D eigenvalue weighted by molar-refractivity contribution is 0.0923. The van der Waals surface area contributed by atoms with Crippen LogP contribution in [0.5, 0.6) is 5.75 Å². The number of nitrogens with two attached hydrogens (primary N) is 1. The van der Waals surface area contributed by atoms with Gasteiger partial charge in [0.15, 0.2) is 6.61 Å². The number of primary amides is 1. The number of benzene rings is 1. The van der Waals surface area contributed by atoms with E-state index in [0.717, 1.165) is 11.1 Å². The van der Waals surface area contributed by atoms with Crippen LogP contribution in [0.25, 0.3) is 0 Å². The summed E-state index contributed by atoms with van der Waals surface area (Å²) in [4.78, 5) is 23.7. The zero-order chi connectivity index (χ0) is 14.7. The number of thiophene rings is 1. The average molecular weight is 289 g/mol. The van der Waals surface area contributed by atoms with E-state index in [-0.39, 0.29) is 12.4 Å². The lowest BCUT2D eigenvalue weighted by atomic mass is 10.1. The summed E-state index contributed by atoms with van der Waals surface area (Å²) < 4.78 is 5.59. The minimum atomic E-state index is -0.475. The molecule has 4 nitrogen and oxygen atoms in total. The molecule has 0 fully saturated rings. The van der Waals surface area contributed by atoms with E-state index in [9.17, 15) is 9.59 Å². The van der Waals surface area contributed by atoms with Crippen LogP contribution in [0.1, 0.15) is 31.2 Å². The van der Waals surface area contributed by atoms with Gasteiger partial charge >= 0.3 is 0 Å². The minimum absolute atomic E-state index is 0.0158. The predicted molar refractivity (Wildman–Crippen MR) is 78.6 cm³/mol. The Bertz CT molecular complexity index is 624. The van der Waals surface area contributed by atoms with E-state index in [1.54, 1.807) is 18.2 Å². The van der Waals surface area contributed by atoms with E-state index < -0.39 is 5.91 Å². The lowest BCUT2D eigenvalue weighted by Gasteiger charge is -2.12. The van der Waals surface area contributed by atoms with Gasteiger partial charge in [0.2, 0.25) is 11.7 Å². The Morgan fingerprint density at radius 2 is 1.90 bits per heavy atom. The van der Waals surface area contributed by atoms with Crippen LogP contribution in [0.15, 0.2) is 29.6 Å². The summed E-state index contributed by atoms with van der Waals surface area (Å²) in [6.45, 7) is 3.63. The zero-order valence-corrected chi connectivity index (χ0v) is 12.1. The summed E-state index contributed by atoms with van der Waals surface area (Å²) in [7, 11) is 0. The Hall–Kier alpha value is -2.14. The highest BCUT2D eigenvalue weighted by Crippen LogP contribution is 2.25. The number of hydrogen-bond donors (Lipinski definition) is 1. The molecule has 0 unspecified atom stereocenters. The highest BCUT2D eigenvalue weighted by Gasteiger charge is 2.12. The number of amides is 1. The quantitative estimate of drug-likeness (QED) is 0.860. The number of Topliss-reactive ketones (excluding diaryl/α,β-unsaturated/α-hetero) is 1. The average Bonchev–Trinajstić information content (AvgIpc) is 2.91. The van der Waals surface area contributed by atoms with Gasteiger partial charge in [0.25, 0.3) is 0 Å². The molecule has 1 amide bonds. The first-order valence-corrected chi connectivity index (χ1v) is 6.97. The van der Waals surface area contributed by atoms with Gasteiger partial charge < -0.3 is 10.5 Å². The number of aryl methyl sites for hydroxylation is 2. The van der Waals surface area contributed by atoms with E-state index in [2.05, 4.69) is 0 Å². The van der Waals surface area contributed by atoms with Crippen LogP contribution >= 0.6 is 11.3 Å². The van der Waals surface area contributed by atoms with Gasteiger partial charge in [-0.2, -0.15) is 0 Å². The summed E-state index contributed by atoms with van der Waals surface area (Å²) in [5.74, 6) is 0.0927. The van der Waals surface area contributed by atoms with Crippen molar-refractivity contribution in [1.82, 2.24) is 0 Å². The summed E-state index contributed by atoms with van der Waals surface area (Å²) in [6, 6.07) is 6.93. The van der Waals surface area contributed by atoms with Gasteiger partial charge in [-0.3, -0.25) is 9.59 Å². The zero-order valence-electron chi connectivity index (χ0n) is 11.3. The minimum Gasteiger partial charge on any atom is -0.485 e. The van der Waals surface area contributed by atoms with Crippen molar-refractivity contribution in [2.24, 2.45) is 5.73 Å². The fourth-order valence-corrected chi connectivity index (χ4v) is 2.62. The Morgan fingerprint density at radius 3 is 2.40 bits per heavy atom. The van der Waals surface area contributed by atoms with Gasteiger partial charge in [-0.15, -0.1) is 11.3 Å². The van der Waals surface area contributed by atoms with Gasteiger partial charge in [0.1, 0.15) is 5.75 Å². The third kappa shape index (κ3) is 3.05. The molecule has 0 aliphatic heterocycles. The molecule has 0 saturated heterocycles. The van der Waals surface area contributed by atoms with Crippen molar-refractivity contribution in [2.45, 2.75) is 13.8 Å². The number of ketones is 1. The Balaban J connectivity index is 2.14. The second kappa shape index (κ2) is 5.88. The van der Waals surface area contributed by atoms with E-state index in [1.807, 2.05) is 25.3 Å². The highest BCUT2D eigenvalue weighted by molar-refractivity contribution is 7.12. The van der Waals surface area contributed by atoms with Gasteiger partial charge in [-0.05, 0) is 48.6 Å². The molecule has 20 heavy (non-hydrogen) atoms. The number of carbonyl (C=O) groups is 2. The third-order valence-electron chi connectivity index (χ3n) is 2.89. The highest BCUT2D eigenvalue weighted by atomic mass is 32.1. The van der Waals surface area contributed by atoms with Crippen molar-refractivity contribution < 1.29 is 14.3 Å². The van der Waals surface area contributed by atoms with Crippen molar-refractivity contribution in [3.8, 4) is 5.75 Å². The smallest absolute Gasteiger partial charge is 0.248 e. The topological polar surface area (TPSA) is 69.4 Å². The molecular weight excluding hydrogens is 274 g/mol. The molecule has 1 aromatic carbocycles. The third-order valence-corrected chi connectivity index (χ3v) is 3.80. The molecule has 104 valence electrons. The lowest BCUT2D eigenvalue weighted by Crippen LogP contribution is -2.14. The standard InChI is InChI=1S/C15H15NO3S/c1-9-6-11(15(16)18)7-10(2)14(9)19-8-12(17)13-4-3-5-20-13/h3-7H,8H2,1-2H3,(H2,16,18). The molecule has 0 saturated carbocycles. The van der Waals surface area contributed by atoms with Crippen molar-refractivity contribution in [3.05, 3.63) is 51.2 Å². The Morgan fingerprint density at radius 1 is 1.25 bits per heavy atom. The normalized spacial score (nSPS) is 10.3. The van der Waals surface area contributed by atoms with Gasteiger partial charge in [-0.25, -0.2) is 0 Å². The van der Waals surface area contributed by atoms with E-state index in [1.165, 1.54) is 11.3 Å². The molecular formula is C15H15NO3S. The first-order chi connectivity index (χ1) is 9.49. The monoisotopic (exact) mass is 289 g/mol. The number of hydrogen-bond acceptors (Lipinski definition) is 4. The molecule has 0 atom stereocenters. The maximum Gasteiger partial charge on any atom is 0.248 e. The molecule has 0 aliphatic rings. The molecule has 0 aliphatic carbocycles. The van der Waals surface area contributed by atoms with Crippen LogP contribution in [-0.4, -0.2) is 18.3 Å². The molecule has 2 N–H and O–H groups in total. The Labute approximate surface area is 121 Å². The molecule has 0 bridgehead atoms. The van der Waals surface area contributed by atoms with E-state index in [4.69, 9.17) is 10.5 Å². The molecule has 0 spiro atoms. The van der Waals surface area contributed by atoms with Crippen LogP contribution < -0.4 is 10.5 Å². The van der Waals surface area contributed by atoms with Gasteiger partial charge in [0, 0.05) is 5.56 Å². The van der Waals surface area contributed by atoms with Crippen molar-refractivity contribution in [1.29, 1.82) is 0 Å². The number of ether oxygens (including phenoxy) is 1. The fourth-order valence-electron chi connectivity index (χ4n) is 1.97. The Kier molecular flexibility index (Phi) is 4.20. The number of rotatable bonds is 5. The molecule has 5 heteroatoms. The maximum atomic E-state index is 11.9. The maximum absolute atomic E-state index is 11.9. The first-order valence-electron chi connectivity index (χ1n) is 6.09. The first kappa shape index (κ1) is 14.3. The summed E-state index contributed by atoms with van der Waals surface area (Å²) in [5, 5.41) is 1.85. The van der Waals surface area contributed by atoms with E-state index in [0.29, 0.717) is 16.2 Å². The van der Waals surface area contributed by atoms with Crippen LogP contribution in [0.2, 0.25) is 0 Å². The molecule has 1 heterocycles. The largest absolute Gasteiger partial charge is 0.485 e. The van der Waals surface area contributed by atoms with Crippen LogP contribution in [0.3, 0.4) is 0 Å². The van der Waals surface area contributed by atoms with Gasteiger partial charge in [-0.1, -0.05) is 6.07 Å². The molecule has 0 radical (unpaired) electrons. The van der Waals surface area contributed by atoms with Gasteiger partial charge in [0.05, 0.1) is 4.88 Å². The SMILES string of the molecule is Cc1cc(C(N)=O)cc(C)c1OCC(=O)c1cccs1. The molecule has 2 rings (SSSR count). The van der Waals surface area contributed by atoms with Crippen molar-refractivity contribution in [3.63, 3.8) is 0 Å². The molecule has 2 aromatic rings. The summed E-state index contributed by atoms with van der Waals surface area (Å²) in [6.07, 6.45) is 0. The molecule has 1 aromatic heterocycles.